The van der Waals surface area contributed by atoms with Crippen LogP contribution in [0.4, 0.5) is 4.39 Å². The quantitative estimate of drug-likeness (QED) is 0.747. The van der Waals surface area contributed by atoms with Crippen molar-refractivity contribution in [3.63, 3.8) is 0 Å². The lowest BCUT2D eigenvalue weighted by molar-refractivity contribution is -0.0682. The van der Waals surface area contributed by atoms with Gasteiger partial charge in [0.25, 0.3) is 5.56 Å². The molecule has 6 nitrogen and oxygen atoms in total. The Morgan fingerprint density at radius 2 is 2.30 bits per heavy atom. The summed E-state index contributed by atoms with van der Waals surface area (Å²) in [5, 5.41) is 10.2. The summed E-state index contributed by atoms with van der Waals surface area (Å²) in [7, 11) is 0. The molecule has 1 aromatic rings. The SMILES string of the molecule is C#C[C@]1(CC)O[C@@H](n2cc(F)c(=O)[nH]c2=O)[C@@H](O)[C@@H]1C. The zero-order valence-corrected chi connectivity index (χ0v) is 11.1. The van der Waals surface area contributed by atoms with Gasteiger partial charge in [-0.15, -0.1) is 6.42 Å². The Kier molecular flexibility index (Phi) is 3.54. The van der Waals surface area contributed by atoms with Gasteiger partial charge in [-0.25, -0.2) is 4.79 Å². The van der Waals surface area contributed by atoms with Crippen molar-refractivity contribution in [2.75, 3.05) is 0 Å². The molecule has 7 heteroatoms. The van der Waals surface area contributed by atoms with E-state index < -0.39 is 40.9 Å². The number of terminal acetylenes is 1. The molecule has 0 aromatic carbocycles. The average molecular weight is 282 g/mol. The van der Waals surface area contributed by atoms with E-state index in [1.54, 1.807) is 13.8 Å². The summed E-state index contributed by atoms with van der Waals surface area (Å²) < 4.78 is 19.7. The lowest BCUT2D eigenvalue weighted by Gasteiger charge is -2.25. The van der Waals surface area contributed by atoms with Gasteiger partial charge in [-0.05, 0) is 6.42 Å². The third kappa shape index (κ3) is 1.97. The van der Waals surface area contributed by atoms with Crippen LogP contribution in [-0.4, -0.2) is 26.4 Å². The Labute approximate surface area is 114 Å². The van der Waals surface area contributed by atoms with Crippen molar-refractivity contribution in [3.8, 4) is 12.3 Å². The van der Waals surface area contributed by atoms with Gasteiger partial charge in [0.15, 0.2) is 6.23 Å². The second kappa shape index (κ2) is 4.89. The summed E-state index contributed by atoms with van der Waals surface area (Å²) in [6, 6.07) is 0. The molecule has 1 fully saturated rings. The van der Waals surface area contributed by atoms with Gasteiger partial charge in [0.05, 0.1) is 6.20 Å². The molecule has 1 aliphatic rings. The van der Waals surface area contributed by atoms with Crippen LogP contribution in [0, 0.1) is 24.1 Å². The lowest BCUT2D eigenvalue weighted by Crippen LogP contribution is -2.37. The molecule has 0 bridgehead atoms. The van der Waals surface area contributed by atoms with E-state index in [2.05, 4.69) is 5.92 Å². The molecule has 0 amide bonds. The molecule has 20 heavy (non-hydrogen) atoms. The number of H-pyrrole nitrogens is 1. The molecular weight excluding hydrogens is 267 g/mol. The molecule has 0 unspecified atom stereocenters. The molecule has 108 valence electrons. The number of aliphatic hydroxyl groups is 1. The van der Waals surface area contributed by atoms with Gasteiger partial charge in [-0.3, -0.25) is 14.3 Å². The van der Waals surface area contributed by atoms with Gasteiger partial charge >= 0.3 is 5.69 Å². The highest BCUT2D eigenvalue weighted by atomic mass is 19.1. The number of aromatic nitrogens is 2. The number of rotatable bonds is 2. The minimum atomic E-state index is -1.14. The fourth-order valence-electron chi connectivity index (χ4n) is 2.46. The van der Waals surface area contributed by atoms with Crippen molar-refractivity contribution < 1.29 is 14.2 Å². The normalized spacial score (nSPS) is 33.0. The standard InChI is InChI=1S/C13H15FN2O4/c1-4-13(5-2)7(3)9(17)11(20-13)16-6-8(14)10(18)15-12(16)19/h1,6-7,9,11,17H,5H2,2-3H3,(H,15,18,19)/t7-,9-,11+,13+/m0/s1. The van der Waals surface area contributed by atoms with Crippen LogP contribution in [0.15, 0.2) is 15.8 Å². The van der Waals surface area contributed by atoms with Crippen molar-refractivity contribution >= 4 is 0 Å². The van der Waals surface area contributed by atoms with Crippen molar-refractivity contribution in [3.05, 3.63) is 32.9 Å². The molecular formula is C13H15FN2O4. The summed E-state index contributed by atoms with van der Waals surface area (Å²) in [5.74, 6) is 0.912. The third-order valence-electron chi connectivity index (χ3n) is 3.84. The minimum absolute atomic E-state index is 0.429. The number of hydrogen-bond acceptors (Lipinski definition) is 4. The van der Waals surface area contributed by atoms with E-state index in [0.29, 0.717) is 12.6 Å². The minimum Gasteiger partial charge on any atom is -0.388 e. The van der Waals surface area contributed by atoms with Crippen molar-refractivity contribution in [2.45, 2.75) is 38.2 Å². The Morgan fingerprint density at radius 1 is 1.65 bits per heavy atom. The van der Waals surface area contributed by atoms with Crippen LogP contribution in [0.5, 0.6) is 0 Å². The average Bonchev–Trinajstić information content (AvgIpc) is 2.68. The molecule has 0 spiro atoms. The number of halogens is 1. The Bertz CT molecular complexity index is 674. The van der Waals surface area contributed by atoms with Gasteiger partial charge in [0.1, 0.15) is 11.7 Å². The summed E-state index contributed by atoms with van der Waals surface area (Å²) in [6.07, 6.45) is 4.37. The maximum Gasteiger partial charge on any atom is 0.330 e. The molecule has 0 saturated carbocycles. The smallest absolute Gasteiger partial charge is 0.330 e. The number of nitrogens with zero attached hydrogens (tertiary/aromatic N) is 1. The topological polar surface area (TPSA) is 84.3 Å². The van der Waals surface area contributed by atoms with E-state index in [-0.39, 0.29) is 0 Å². The molecule has 0 radical (unpaired) electrons. The number of ether oxygens (including phenoxy) is 1. The summed E-state index contributed by atoms with van der Waals surface area (Å²) in [4.78, 5) is 24.5. The lowest BCUT2D eigenvalue weighted by atomic mass is 9.85. The Morgan fingerprint density at radius 3 is 2.80 bits per heavy atom. The van der Waals surface area contributed by atoms with Crippen LogP contribution >= 0.6 is 0 Å². The fraction of sp³-hybridized carbons (Fsp3) is 0.538. The zero-order chi connectivity index (χ0) is 15.1. The first kappa shape index (κ1) is 14.5. The summed E-state index contributed by atoms with van der Waals surface area (Å²) in [5.41, 5.74) is -3.02. The van der Waals surface area contributed by atoms with Crippen molar-refractivity contribution in [2.24, 2.45) is 5.92 Å². The summed E-state index contributed by atoms with van der Waals surface area (Å²) >= 11 is 0. The highest BCUT2D eigenvalue weighted by Crippen LogP contribution is 2.42. The molecule has 0 aliphatic carbocycles. The number of aliphatic hydroxyl groups excluding tert-OH is 1. The first-order valence-corrected chi connectivity index (χ1v) is 6.21. The zero-order valence-electron chi connectivity index (χ0n) is 11.1. The van der Waals surface area contributed by atoms with E-state index in [1.165, 1.54) is 0 Å². The summed E-state index contributed by atoms with van der Waals surface area (Å²) in [6.45, 7) is 3.49. The largest absolute Gasteiger partial charge is 0.388 e. The maximum absolute atomic E-state index is 13.3. The maximum atomic E-state index is 13.3. The van der Waals surface area contributed by atoms with Gasteiger partial charge in [0, 0.05) is 5.92 Å². The van der Waals surface area contributed by atoms with E-state index in [9.17, 15) is 19.1 Å². The second-order valence-electron chi connectivity index (χ2n) is 4.82. The Hall–Kier alpha value is -1.91. The predicted octanol–water partition coefficient (Wildman–Crippen LogP) is -0.0165. The van der Waals surface area contributed by atoms with Gasteiger partial charge in [-0.1, -0.05) is 19.8 Å². The number of hydrogen-bond donors (Lipinski definition) is 2. The van der Waals surface area contributed by atoms with Crippen LogP contribution in [0.1, 0.15) is 26.5 Å². The Balaban J connectivity index is 2.51. The second-order valence-corrected chi connectivity index (χ2v) is 4.82. The number of nitrogens with one attached hydrogen (secondary N) is 1. The molecule has 2 heterocycles. The van der Waals surface area contributed by atoms with Crippen molar-refractivity contribution in [1.29, 1.82) is 0 Å². The van der Waals surface area contributed by atoms with Crippen LogP contribution in [0.3, 0.4) is 0 Å². The van der Waals surface area contributed by atoms with Crippen LogP contribution in [0.2, 0.25) is 0 Å². The molecule has 2 N–H and O–H groups in total. The molecule has 1 saturated heterocycles. The van der Waals surface area contributed by atoms with Gasteiger partial charge < -0.3 is 9.84 Å². The van der Waals surface area contributed by atoms with E-state index in [1.807, 2.05) is 4.98 Å². The van der Waals surface area contributed by atoms with Crippen LogP contribution < -0.4 is 11.2 Å². The van der Waals surface area contributed by atoms with E-state index in [0.717, 1.165) is 4.57 Å². The van der Waals surface area contributed by atoms with Gasteiger partial charge in [0.2, 0.25) is 5.82 Å². The molecule has 2 rings (SSSR count). The van der Waals surface area contributed by atoms with Crippen molar-refractivity contribution in [1.82, 2.24) is 9.55 Å². The number of aromatic amines is 1. The fourth-order valence-corrected chi connectivity index (χ4v) is 2.46. The van der Waals surface area contributed by atoms with Crippen LogP contribution in [0.25, 0.3) is 0 Å². The van der Waals surface area contributed by atoms with E-state index >= 15 is 0 Å². The van der Waals surface area contributed by atoms with Crippen LogP contribution in [-0.2, 0) is 4.74 Å². The predicted molar refractivity (Wildman–Crippen MR) is 68.4 cm³/mol. The third-order valence-corrected chi connectivity index (χ3v) is 3.84. The molecule has 1 aliphatic heterocycles. The van der Waals surface area contributed by atoms with Gasteiger partial charge in [-0.2, -0.15) is 4.39 Å². The monoisotopic (exact) mass is 282 g/mol. The highest BCUT2D eigenvalue weighted by Gasteiger charge is 2.51. The highest BCUT2D eigenvalue weighted by molar-refractivity contribution is 5.16. The molecule has 4 atom stereocenters. The molecule has 1 aromatic heterocycles. The van der Waals surface area contributed by atoms with E-state index in [4.69, 9.17) is 11.2 Å². The first-order chi connectivity index (χ1) is 9.36. The first-order valence-electron chi connectivity index (χ1n) is 6.21.